The lowest BCUT2D eigenvalue weighted by molar-refractivity contribution is -0.136. The third-order valence-electron chi connectivity index (χ3n) is 5.66. The Morgan fingerprint density at radius 3 is 2.63 bits per heavy atom. The van der Waals surface area contributed by atoms with E-state index in [1.807, 2.05) is 38.1 Å². The van der Waals surface area contributed by atoms with Crippen LogP contribution in [0.4, 0.5) is 0 Å². The van der Waals surface area contributed by atoms with Gasteiger partial charge in [-0.3, -0.25) is 4.79 Å². The first-order chi connectivity index (χ1) is 12.5. The normalized spacial score (nSPS) is 27.8. The van der Waals surface area contributed by atoms with Crippen molar-refractivity contribution in [3.8, 4) is 0 Å². The predicted molar refractivity (Wildman–Crippen MR) is 112 cm³/mol. The summed E-state index contributed by atoms with van der Waals surface area (Å²) in [5, 5.41) is 0. The van der Waals surface area contributed by atoms with Gasteiger partial charge in [0.1, 0.15) is 4.49 Å². The number of nitrogens with zero attached hydrogens (tertiary/aromatic N) is 1. The Balaban J connectivity index is 1.88. The number of sulfone groups is 1. The van der Waals surface area contributed by atoms with Gasteiger partial charge in [0.2, 0.25) is 5.91 Å². The third-order valence-corrected chi connectivity index (χ3v) is 8.15. The van der Waals surface area contributed by atoms with Crippen LogP contribution in [0.1, 0.15) is 25.8 Å². The topological polar surface area (TPSA) is 54.5 Å². The quantitative estimate of drug-likeness (QED) is 0.603. The van der Waals surface area contributed by atoms with E-state index in [4.69, 9.17) is 23.2 Å². The lowest BCUT2D eigenvalue weighted by Crippen LogP contribution is -2.42. The molecule has 0 N–H and O–H groups in total. The van der Waals surface area contributed by atoms with Crippen molar-refractivity contribution in [1.29, 1.82) is 0 Å². The number of amides is 1. The van der Waals surface area contributed by atoms with Gasteiger partial charge in [-0.25, -0.2) is 8.42 Å². The maximum absolute atomic E-state index is 13.4. The third kappa shape index (κ3) is 4.72. The first-order valence-corrected chi connectivity index (χ1v) is 12.2. The molecule has 27 heavy (non-hydrogen) atoms. The first kappa shape index (κ1) is 21.2. The van der Waals surface area contributed by atoms with Crippen LogP contribution in [0.2, 0.25) is 0 Å². The van der Waals surface area contributed by atoms with Gasteiger partial charge in [0.25, 0.3) is 0 Å². The molecule has 2 fully saturated rings. The molecule has 1 aliphatic heterocycles. The zero-order valence-corrected chi connectivity index (χ0v) is 19.1. The summed E-state index contributed by atoms with van der Waals surface area (Å²) >= 11 is 15.1. The largest absolute Gasteiger partial charge is 0.334 e. The van der Waals surface area contributed by atoms with Crippen LogP contribution in [0.5, 0.6) is 0 Å². The summed E-state index contributed by atoms with van der Waals surface area (Å²) in [7, 11) is -3.10. The van der Waals surface area contributed by atoms with Gasteiger partial charge >= 0.3 is 0 Å². The van der Waals surface area contributed by atoms with Crippen molar-refractivity contribution in [3.05, 3.63) is 44.9 Å². The molecule has 3 rings (SSSR count). The second-order valence-electron chi connectivity index (χ2n) is 7.93. The van der Waals surface area contributed by atoms with Crippen LogP contribution in [0, 0.1) is 17.3 Å². The Hall–Kier alpha value is -0.560. The summed E-state index contributed by atoms with van der Waals surface area (Å²) in [6.45, 7) is 4.41. The molecule has 0 radical (unpaired) electrons. The molecular weight excluding hydrogens is 473 g/mol. The van der Waals surface area contributed by atoms with Gasteiger partial charge in [0.05, 0.1) is 17.4 Å². The summed E-state index contributed by atoms with van der Waals surface area (Å²) in [6, 6.07) is 7.43. The van der Waals surface area contributed by atoms with E-state index < -0.39 is 9.84 Å². The van der Waals surface area contributed by atoms with Gasteiger partial charge in [0, 0.05) is 17.1 Å². The standard InChI is InChI=1S/C19H22BrCl2NO3S/c1-19(2)15(9-16(21)22)17(19)18(24)23(14-6-7-27(25,26)11-14)10-12-4-3-5-13(20)8-12/h3-5,8-9,14-15,17H,6-7,10-11H2,1-2H3/t14-,15+,17+/m1/s1. The van der Waals surface area contributed by atoms with Crippen molar-refractivity contribution in [2.24, 2.45) is 17.3 Å². The summed E-state index contributed by atoms with van der Waals surface area (Å²) in [4.78, 5) is 15.1. The Labute approximate surface area is 178 Å². The van der Waals surface area contributed by atoms with E-state index in [1.165, 1.54) is 0 Å². The van der Waals surface area contributed by atoms with E-state index in [9.17, 15) is 13.2 Å². The molecule has 0 unspecified atom stereocenters. The highest BCUT2D eigenvalue weighted by Gasteiger charge is 2.62. The number of benzene rings is 1. The molecule has 0 bridgehead atoms. The molecule has 1 saturated heterocycles. The molecule has 0 spiro atoms. The van der Waals surface area contributed by atoms with Gasteiger partial charge in [-0.1, -0.05) is 65.1 Å². The Bertz CT molecular complexity index is 881. The van der Waals surface area contributed by atoms with Crippen LogP contribution in [0.15, 0.2) is 39.3 Å². The number of halogens is 3. The molecule has 2 aliphatic rings. The molecular formula is C19H22BrCl2NO3S. The smallest absolute Gasteiger partial charge is 0.227 e. The SMILES string of the molecule is CC1(C)[C@H](C(=O)N(Cc2cccc(Br)c2)[C@@H]2CCS(=O)(=O)C2)[C@@H]1C=C(Cl)Cl. The van der Waals surface area contributed by atoms with Crippen molar-refractivity contribution in [2.75, 3.05) is 11.5 Å². The highest BCUT2D eigenvalue weighted by atomic mass is 79.9. The van der Waals surface area contributed by atoms with Crippen molar-refractivity contribution < 1.29 is 13.2 Å². The average Bonchev–Trinajstić information content (AvgIpc) is 2.88. The number of carbonyl (C=O) groups is 1. The van der Waals surface area contributed by atoms with E-state index in [0.29, 0.717) is 13.0 Å². The van der Waals surface area contributed by atoms with Crippen molar-refractivity contribution >= 4 is 54.9 Å². The second-order valence-corrected chi connectivity index (χ2v) is 12.1. The molecule has 4 nitrogen and oxygen atoms in total. The number of allylic oxidation sites excluding steroid dienone is 1. The fourth-order valence-corrected chi connectivity index (χ4v) is 6.46. The van der Waals surface area contributed by atoms with Gasteiger partial charge in [-0.2, -0.15) is 0 Å². The number of hydrogen-bond acceptors (Lipinski definition) is 3. The highest BCUT2D eigenvalue weighted by molar-refractivity contribution is 9.10. The van der Waals surface area contributed by atoms with Crippen molar-refractivity contribution in [3.63, 3.8) is 0 Å². The molecule has 1 aromatic carbocycles. The van der Waals surface area contributed by atoms with E-state index in [1.54, 1.807) is 11.0 Å². The minimum atomic E-state index is -3.10. The molecule has 1 amide bonds. The zero-order chi connectivity index (χ0) is 20.0. The van der Waals surface area contributed by atoms with Crippen LogP contribution < -0.4 is 0 Å². The number of carbonyl (C=O) groups excluding carboxylic acids is 1. The minimum absolute atomic E-state index is 0.0245. The Morgan fingerprint density at radius 2 is 2.07 bits per heavy atom. The van der Waals surface area contributed by atoms with E-state index in [-0.39, 0.29) is 45.2 Å². The van der Waals surface area contributed by atoms with E-state index in [2.05, 4.69) is 15.9 Å². The van der Waals surface area contributed by atoms with Gasteiger partial charge in [-0.15, -0.1) is 0 Å². The highest BCUT2D eigenvalue weighted by Crippen LogP contribution is 2.60. The number of hydrogen-bond donors (Lipinski definition) is 0. The molecule has 1 heterocycles. The molecule has 1 saturated carbocycles. The minimum Gasteiger partial charge on any atom is -0.334 e. The van der Waals surface area contributed by atoms with Crippen LogP contribution in [0.3, 0.4) is 0 Å². The lowest BCUT2D eigenvalue weighted by Gasteiger charge is -2.29. The maximum Gasteiger partial charge on any atom is 0.227 e. The van der Waals surface area contributed by atoms with Crippen molar-refractivity contribution in [2.45, 2.75) is 32.9 Å². The fourth-order valence-electron chi connectivity index (χ4n) is 4.01. The molecule has 1 aromatic rings. The molecule has 8 heteroatoms. The first-order valence-electron chi connectivity index (χ1n) is 8.79. The lowest BCUT2D eigenvalue weighted by atomic mass is 10.1. The maximum atomic E-state index is 13.4. The summed E-state index contributed by atoms with van der Waals surface area (Å²) < 4.78 is 25.1. The Morgan fingerprint density at radius 1 is 1.37 bits per heavy atom. The van der Waals surface area contributed by atoms with Crippen molar-refractivity contribution in [1.82, 2.24) is 4.90 Å². The zero-order valence-electron chi connectivity index (χ0n) is 15.2. The average molecular weight is 495 g/mol. The summed E-state index contributed by atoms with van der Waals surface area (Å²) in [5.74, 6) is -0.169. The van der Waals surface area contributed by atoms with Crippen LogP contribution >= 0.6 is 39.1 Å². The molecule has 0 aromatic heterocycles. The fraction of sp³-hybridized carbons (Fsp3) is 0.526. The van der Waals surface area contributed by atoms with Crippen LogP contribution in [0.25, 0.3) is 0 Å². The molecule has 1 aliphatic carbocycles. The molecule has 3 atom stereocenters. The van der Waals surface area contributed by atoms with Crippen LogP contribution in [-0.4, -0.2) is 36.8 Å². The van der Waals surface area contributed by atoms with E-state index in [0.717, 1.165) is 10.0 Å². The van der Waals surface area contributed by atoms with Gasteiger partial charge in [-0.05, 0) is 41.5 Å². The number of rotatable bonds is 5. The molecule has 148 valence electrons. The summed E-state index contributed by atoms with van der Waals surface area (Å²) in [5.41, 5.74) is 0.710. The Kier molecular flexibility index (Phi) is 6.03. The second kappa shape index (κ2) is 7.69. The van der Waals surface area contributed by atoms with E-state index >= 15 is 0 Å². The van der Waals surface area contributed by atoms with Gasteiger partial charge in [0.15, 0.2) is 9.84 Å². The van der Waals surface area contributed by atoms with Crippen LogP contribution in [-0.2, 0) is 21.2 Å². The predicted octanol–water partition coefficient (Wildman–Crippen LogP) is 4.56. The monoisotopic (exact) mass is 493 g/mol. The van der Waals surface area contributed by atoms with Gasteiger partial charge < -0.3 is 4.90 Å². The summed E-state index contributed by atoms with van der Waals surface area (Å²) in [6.07, 6.45) is 2.19.